The first-order valence-electron chi connectivity index (χ1n) is 7.91. The van der Waals surface area contributed by atoms with E-state index < -0.39 is 0 Å². The summed E-state index contributed by atoms with van der Waals surface area (Å²) in [5.74, 6) is -0.172. The second-order valence-electron chi connectivity index (χ2n) is 5.77. The highest BCUT2D eigenvalue weighted by Crippen LogP contribution is 2.13. The Morgan fingerprint density at radius 3 is 2.67 bits per heavy atom. The summed E-state index contributed by atoms with van der Waals surface area (Å²) in [6.45, 7) is 7.09. The van der Waals surface area contributed by atoms with Gasteiger partial charge in [0.25, 0.3) is 5.91 Å². The summed E-state index contributed by atoms with van der Waals surface area (Å²) in [5, 5.41) is 9.17. The molecule has 5 nitrogen and oxygen atoms in total. The highest BCUT2D eigenvalue weighted by Gasteiger charge is 2.20. The van der Waals surface area contributed by atoms with Gasteiger partial charge in [0.2, 0.25) is 0 Å². The van der Waals surface area contributed by atoms with Gasteiger partial charge in [-0.2, -0.15) is 5.10 Å². The van der Waals surface area contributed by atoms with E-state index in [1.54, 1.807) is 17.4 Å². The minimum Gasteiger partial charge on any atom is -0.349 e. The van der Waals surface area contributed by atoms with E-state index in [2.05, 4.69) is 48.1 Å². The van der Waals surface area contributed by atoms with Crippen molar-refractivity contribution >= 4 is 11.6 Å². The summed E-state index contributed by atoms with van der Waals surface area (Å²) in [7, 11) is 0. The summed E-state index contributed by atoms with van der Waals surface area (Å²) < 4.78 is 0. The lowest BCUT2D eigenvalue weighted by atomic mass is 10.0. The van der Waals surface area contributed by atoms with Crippen LogP contribution in [0.3, 0.4) is 0 Å². The van der Waals surface area contributed by atoms with Crippen LogP contribution < -0.4 is 5.32 Å². The average molecular weight is 320 g/mol. The molecule has 1 aromatic carbocycles. The number of carbonyl (C=O) groups is 1. The number of amides is 1. The van der Waals surface area contributed by atoms with Crippen molar-refractivity contribution in [3.8, 4) is 0 Å². The molecule has 0 bridgehead atoms. The molecule has 0 spiro atoms. The predicted molar refractivity (Wildman–Crippen MR) is 94.5 cm³/mol. The molecule has 1 N–H and O–H groups in total. The minimum atomic E-state index is -0.172. The lowest BCUT2D eigenvalue weighted by molar-refractivity contribution is -0.120. The second kappa shape index (κ2) is 7.08. The monoisotopic (exact) mass is 320 g/mol. The average Bonchev–Trinajstić information content (AvgIpc) is 2.61. The van der Waals surface area contributed by atoms with Gasteiger partial charge in [-0.3, -0.25) is 14.8 Å². The number of nitrogens with zero attached hydrogens (tertiary/aromatic N) is 3. The molecule has 1 aliphatic rings. The van der Waals surface area contributed by atoms with E-state index in [4.69, 9.17) is 5.10 Å². The molecule has 2 aromatic rings. The van der Waals surface area contributed by atoms with Gasteiger partial charge in [-0.15, -0.1) is 0 Å². The van der Waals surface area contributed by atoms with Crippen molar-refractivity contribution in [2.75, 3.05) is 13.1 Å². The van der Waals surface area contributed by atoms with Crippen LogP contribution in [0, 0.1) is 6.92 Å². The van der Waals surface area contributed by atoms with Gasteiger partial charge < -0.3 is 5.32 Å². The van der Waals surface area contributed by atoms with Crippen LogP contribution >= 0.6 is 0 Å². The Morgan fingerprint density at radius 2 is 1.96 bits per heavy atom. The first kappa shape index (κ1) is 15.9. The van der Waals surface area contributed by atoms with E-state index in [1.807, 2.05) is 12.1 Å². The van der Waals surface area contributed by atoms with Crippen molar-refractivity contribution in [2.24, 2.45) is 5.10 Å². The molecule has 1 saturated heterocycles. The fourth-order valence-electron chi connectivity index (χ4n) is 2.52. The van der Waals surface area contributed by atoms with Crippen molar-refractivity contribution in [3.05, 3.63) is 77.8 Å². The molecule has 0 aliphatic carbocycles. The Morgan fingerprint density at radius 1 is 1.25 bits per heavy atom. The topological polar surface area (TPSA) is 57.6 Å². The zero-order chi connectivity index (χ0) is 16.9. The van der Waals surface area contributed by atoms with Gasteiger partial charge in [-0.25, -0.2) is 0 Å². The molecule has 5 heteroatoms. The first-order valence-corrected chi connectivity index (χ1v) is 7.91. The summed E-state index contributed by atoms with van der Waals surface area (Å²) in [6, 6.07) is 12.2. The van der Waals surface area contributed by atoms with E-state index in [0.29, 0.717) is 25.2 Å². The van der Waals surface area contributed by atoms with E-state index in [9.17, 15) is 4.79 Å². The van der Waals surface area contributed by atoms with E-state index >= 15 is 0 Å². The molecule has 0 radical (unpaired) electrons. The Labute approximate surface area is 141 Å². The number of hydrogen-bond acceptors (Lipinski definition) is 4. The van der Waals surface area contributed by atoms with Crippen LogP contribution in [0.4, 0.5) is 0 Å². The van der Waals surface area contributed by atoms with E-state index in [-0.39, 0.29) is 5.91 Å². The number of aryl methyl sites for hydroxylation is 1. The van der Waals surface area contributed by atoms with Gasteiger partial charge in [-0.1, -0.05) is 36.4 Å². The summed E-state index contributed by atoms with van der Waals surface area (Å²) in [6.07, 6.45) is 4.17. The highest BCUT2D eigenvalue weighted by atomic mass is 16.2. The fraction of sp³-hybridized carbons (Fsp3) is 0.211. The number of aromatic nitrogens is 1. The Kier molecular flexibility index (Phi) is 4.70. The molecule has 1 aromatic heterocycles. The van der Waals surface area contributed by atoms with Gasteiger partial charge >= 0.3 is 0 Å². The second-order valence-corrected chi connectivity index (χ2v) is 5.77. The smallest absolute Gasteiger partial charge is 0.268 e. The third kappa shape index (κ3) is 3.68. The number of hydrazone groups is 1. The normalized spacial score (nSPS) is 15.4. The largest absolute Gasteiger partial charge is 0.349 e. The molecule has 1 aliphatic heterocycles. The van der Waals surface area contributed by atoms with Crippen LogP contribution in [0.25, 0.3) is 0 Å². The third-order valence-corrected chi connectivity index (χ3v) is 3.93. The van der Waals surface area contributed by atoms with Crippen LogP contribution in [-0.4, -0.2) is 34.7 Å². The van der Waals surface area contributed by atoms with Crippen molar-refractivity contribution < 1.29 is 4.79 Å². The predicted octanol–water partition coefficient (Wildman–Crippen LogP) is 2.28. The van der Waals surface area contributed by atoms with Crippen LogP contribution in [0.2, 0.25) is 0 Å². The summed E-state index contributed by atoms with van der Waals surface area (Å²) >= 11 is 0. The number of rotatable bonds is 4. The molecule has 0 saturated carbocycles. The van der Waals surface area contributed by atoms with Crippen LogP contribution in [0.15, 0.2) is 66.2 Å². The SMILES string of the molecule is C=C1C(=O)NCCN1/N=C(\Cc1ccc(C)cc1)c1ccncc1. The number of carbonyl (C=O) groups excluding carboxylic acids is 1. The maximum absolute atomic E-state index is 11.8. The molecule has 122 valence electrons. The molecule has 2 heterocycles. The Balaban J connectivity index is 1.92. The van der Waals surface area contributed by atoms with Gasteiger partial charge in [0.15, 0.2) is 0 Å². The van der Waals surface area contributed by atoms with E-state index in [0.717, 1.165) is 11.3 Å². The first-order chi connectivity index (χ1) is 11.6. The quantitative estimate of drug-likeness (QED) is 0.694. The maximum Gasteiger partial charge on any atom is 0.268 e. The summed E-state index contributed by atoms with van der Waals surface area (Å²) in [5.41, 5.74) is 4.64. The molecular weight excluding hydrogens is 300 g/mol. The Hall–Kier alpha value is -2.95. The zero-order valence-electron chi connectivity index (χ0n) is 13.7. The van der Waals surface area contributed by atoms with Crippen molar-refractivity contribution in [1.82, 2.24) is 15.3 Å². The number of nitrogens with one attached hydrogen (secondary N) is 1. The number of hydrogen-bond donors (Lipinski definition) is 1. The summed E-state index contributed by atoms with van der Waals surface area (Å²) in [4.78, 5) is 15.9. The molecule has 1 amide bonds. The molecule has 24 heavy (non-hydrogen) atoms. The minimum absolute atomic E-state index is 0.172. The van der Waals surface area contributed by atoms with Crippen molar-refractivity contribution in [1.29, 1.82) is 0 Å². The van der Waals surface area contributed by atoms with Gasteiger partial charge in [0, 0.05) is 30.9 Å². The van der Waals surface area contributed by atoms with Crippen LogP contribution in [-0.2, 0) is 11.2 Å². The molecular formula is C19H20N4O. The van der Waals surface area contributed by atoms with Crippen molar-refractivity contribution in [2.45, 2.75) is 13.3 Å². The lowest BCUT2D eigenvalue weighted by Crippen LogP contribution is -2.43. The molecule has 3 rings (SSSR count). The zero-order valence-corrected chi connectivity index (χ0v) is 13.7. The number of benzene rings is 1. The highest BCUT2D eigenvalue weighted by molar-refractivity contribution is 6.02. The fourth-order valence-corrected chi connectivity index (χ4v) is 2.52. The lowest BCUT2D eigenvalue weighted by Gasteiger charge is -2.27. The van der Waals surface area contributed by atoms with Crippen LogP contribution in [0.5, 0.6) is 0 Å². The number of pyridine rings is 1. The molecule has 0 atom stereocenters. The number of piperazine rings is 1. The molecule has 0 unspecified atom stereocenters. The van der Waals surface area contributed by atoms with Crippen LogP contribution in [0.1, 0.15) is 16.7 Å². The third-order valence-electron chi connectivity index (χ3n) is 3.93. The molecule has 1 fully saturated rings. The van der Waals surface area contributed by atoms with Gasteiger partial charge in [0.05, 0.1) is 12.3 Å². The van der Waals surface area contributed by atoms with Crippen molar-refractivity contribution in [3.63, 3.8) is 0 Å². The van der Waals surface area contributed by atoms with Gasteiger partial charge in [-0.05, 0) is 24.6 Å². The standard InChI is InChI=1S/C19H20N4O/c1-14-3-5-16(6-4-14)13-18(17-7-9-20-10-8-17)22-23-12-11-21-19(24)15(23)2/h3-10H,2,11-13H2,1H3,(H,21,24)/b22-18+. The van der Waals surface area contributed by atoms with Gasteiger partial charge in [0.1, 0.15) is 5.70 Å². The Bertz CT molecular complexity index is 766. The van der Waals surface area contributed by atoms with E-state index in [1.165, 1.54) is 11.1 Å². The maximum atomic E-state index is 11.8.